The maximum absolute atomic E-state index is 10.0. The lowest BCUT2D eigenvalue weighted by Gasteiger charge is -2.42. The molecule has 2 aliphatic rings. The number of hydrogen-bond acceptors (Lipinski definition) is 6. The molecule has 152 valence electrons. The molecule has 0 amide bonds. The highest BCUT2D eigenvalue weighted by atomic mass is 35.5. The van der Waals surface area contributed by atoms with Crippen molar-refractivity contribution in [1.82, 2.24) is 9.97 Å². The van der Waals surface area contributed by atoms with Crippen molar-refractivity contribution in [2.75, 3.05) is 18.0 Å². The van der Waals surface area contributed by atoms with Crippen molar-refractivity contribution in [3.8, 4) is 17.2 Å². The van der Waals surface area contributed by atoms with Crippen LogP contribution in [0, 0.1) is 23.7 Å². The van der Waals surface area contributed by atoms with Crippen LogP contribution in [0.1, 0.15) is 37.1 Å². The molecule has 1 spiro atoms. The fourth-order valence-electron chi connectivity index (χ4n) is 4.77. The molecule has 0 bridgehead atoms. The predicted octanol–water partition coefficient (Wildman–Crippen LogP) is 3.70. The summed E-state index contributed by atoms with van der Waals surface area (Å²) in [6.45, 7) is 3.36. The van der Waals surface area contributed by atoms with E-state index in [1.54, 1.807) is 12.1 Å². The second kappa shape index (κ2) is 7.73. The van der Waals surface area contributed by atoms with Gasteiger partial charge >= 0.3 is 0 Å². The zero-order valence-corrected chi connectivity index (χ0v) is 17.7. The van der Waals surface area contributed by atoms with E-state index >= 15 is 0 Å². The molecule has 29 heavy (non-hydrogen) atoms. The molecule has 1 saturated heterocycles. The summed E-state index contributed by atoms with van der Waals surface area (Å²) in [5.74, 6) is 0.544. The maximum Gasteiger partial charge on any atom is 0.226 e. The third-order valence-corrected chi connectivity index (χ3v) is 7.22. The summed E-state index contributed by atoms with van der Waals surface area (Å²) >= 11 is 12.5. The van der Waals surface area contributed by atoms with Gasteiger partial charge in [-0.15, -0.1) is 0 Å². The van der Waals surface area contributed by atoms with E-state index in [0.717, 1.165) is 32.4 Å². The van der Waals surface area contributed by atoms with E-state index in [4.69, 9.17) is 28.9 Å². The van der Waals surface area contributed by atoms with Gasteiger partial charge in [0.1, 0.15) is 6.07 Å². The molecule has 1 aromatic heterocycles. The molecule has 0 radical (unpaired) electrons. The van der Waals surface area contributed by atoms with Crippen molar-refractivity contribution in [1.29, 1.82) is 5.26 Å². The standard InChI is InChI=1S/C21H23Cl2N5O/c1-12-18(14-3-2-4-15(22)19(14)23)16(11-24)27-20(26-12)28-7-5-21(6-8-28)10-13(29)9-17(21)25/h2-4,13,17,29H,5-10,25H2,1H3/t13-,17+/m0/s1. The van der Waals surface area contributed by atoms with E-state index in [1.165, 1.54) is 0 Å². The number of benzene rings is 1. The molecule has 4 rings (SSSR count). The number of nitriles is 1. The second-order valence-corrected chi connectivity index (χ2v) is 8.88. The number of aromatic nitrogens is 2. The van der Waals surface area contributed by atoms with Crippen LogP contribution >= 0.6 is 23.2 Å². The third kappa shape index (κ3) is 3.57. The van der Waals surface area contributed by atoms with Crippen LogP contribution in [-0.4, -0.2) is 40.3 Å². The van der Waals surface area contributed by atoms with Gasteiger partial charge < -0.3 is 15.7 Å². The Bertz CT molecular complexity index is 982. The van der Waals surface area contributed by atoms with Gasteiger partial charge in [-0.3, -0.25) is 0 Å². The van der Waals surface area contributed by atoms with Crippen molar-refractivity contribution in [3.05, 3.63) is 39.6 Å². The number of anilines is 1. The largest absolute Gasteiger partial charge is 0.393 e. The fourth-order valence-corrected chi connectivity index (χ4v) is 5.17. The topological polar surface area (TPSA) is 99.1 Å². The highest BCUT2D eigenvalue weighted by Gasteiger charge is 2.46. The Kier molecular flexibility index (Phi) is 5.43. The zero-order valence-electron chi connectivity index (χ0n) is 16.2. The number of rotatable bonds is 2. The molecule has 2 aromatic rings. The predicted molar refractivity (Wildman–Crippen MR) is 114 cm³/mol. The first-order valence-electron chi connectivity index (χ1n) is 9.76. The monoisotopic (exact) mass is 431 g/mol. The van der Waals surface area contributed by atoms with Crippen LogP contribution < -0.4 is 10.6 Å². The first kappa shape index (κ1) is 20.4. The minimum Gasteiger partial charge on any atom is -0.393 e. The Balaban J connectivity index is 1.63. The van der Waals surface area contributed by atoms with Gasteiger partial charge in [-0.1, -0.05) is 35.3 Å². The molecule has 0 unspecified atom stereocenters. The van der Waals surface area contributed by atoms with E-state index in [1.807, 2.05) is 13.0 Å². The Labute approximate surface area is 180 Å². The van der Waals surface area contributed by atoms with Crippen LogP contribution in [0.25, 0.3) is 11.1 Å². The average Bonchev–Trinajstić information content (AvgIpc) is 2.97. The lowest BCUT2D eigenvalue weighted by atomic mass is 9.74. The first-order valence-corrected chi connectivity index (χ1v) is 10.5. The van der Waals surface area contributed by atoms with Gasteiger partial charge in [0, 0.05) is 30.3 Å². The molecule has 1 saturated carbocycles. The van der Waals surface area contributed by atoms with Gasteiger partial charge in [0.25, 0.3) is 0 Å². The van der Waals surface area contributed by atoms with Crippen LogP contribution in [0.5, 0.6) is 0 Å². The van der Waals surface area contributed by atoms with Gasteiger partial charge in [-0.05, 0) is 44.1 Å². The summed E-state index contributed by atoms with van der Waals surface area (Å²) in [5, 5.41) is 20.6. The Morgan fingerprint density at radius 1 is 1.28 bits per heavy atom. The van der Waals surface area contributed by atoms with Gasteiger partial charge in [-0.25, -0.2) is 9.97 Å². The number of nitrogens with zero attached hydrogens (tertiary/aromatic N) is 4. The highest BCUT2D eigenvalue weighted by Crippen LogP contribution is 2.46. The molecule has 1 aromatic carbocycles. The summed E-state index contributed by atoms with van der Waals surface area (Å²) in [6, 6.07) is 7.54. The molecule has 1 aliphatic carbocycles. The van der Waals surface area contributed by atoms with Gasteiger partial charge in [0.2, 0.25) is 5.95 Å². The molecule has 8 heteroatoms. The van der Waals surface area contributed by atoms with E-state index in [9.17, 15) is 10.4 Å². The van der Waals surface area contributed by atoms with Gasteiger partial charge in [0.05, 0.1) is 21.8 Å². The van der Waals surface area contributed by atoms with Crippen LogP contribution in [0.4, 0.5) is 5.95 Å². The summed E-state index contributed by atoms with van der Waals surface area (Å²) < 4.78 is 0. The third-order valence-electron chi connectivity index (χ3n) is 6.40. The van der Waals surface area contributed by atoms with E-state index in [-0.39, 0.29) is 23.3 Å². The van der Waals surface area contributed by atoms with E-state index in [0.29, 0.717) is 39.2 Å². The molecular weight excluding hydrogens is 409 g/mol. The van der Waals surface area contributed by atoms with Crippen molar-refractivity contribution < 1.29 is 5.11 Å². The number of aliphatic hydroxyl groups is 1. The van der Waals surface area contributed by atoms with Crippen molar-refractivity contribution in [2.24, 2.45) is 11.1 Å². The van der Waals surface area contributed by atoms with E-state index < -0.39 is 0 Å². The van der Waals surface area contributed by atoms with Crippen LogP contribution in [0.2, 0.25) is 10.0 Å². The Hall–Kier alpha value is -1.91. The minimum atomic E-state index is -0.304. The van der Waals surface area contributed by atoms with Crippen LogP contribution in [0.15, 0.2) is 18.2 Å². The smallest absolute Gasteiger partial charge is 0.226 e. The number of nitrogens with two attached hydrogens (primary N) is 1. The van der Waals surface area contributed by atoms with Gasteiger partial charge in [-0.2, -0.15) is 5.26 Å². The van der Waals surface area contributed by atoms with Gasteiger partial charge in [0.15, 0.2) is 5.69 Å². The zero-order chi connectivity index (χ0) is 20.8. The summed E-state index contributed by atoms with van der Waals surface area (Å²) in [7, 11) is 0. The normalized spacial score (nSPS) is 23.4. The molecule has 3 N–H and O–H groups in total. The lowest BCUT2D eigenvalue weighted by molar-refractivity contribution is 0.141. The quantitative estimate of drug-likeness (QED) is 0.751. The van der Waals surface area contributed by atoms with Crippen LogP contribution in [0.3, 0.4) is 0 Å². The molecule has 2 fully saturated rings. The molecule has 1 aliphatic heterocycles. The maximum atomic E-state index is 10.0. The molecule has 6 nitrogen and oxygen atoms in total. The fraction of sp³-hybridized carbons (Fsp3) is 0.476. The summed E-state index contributed by atoms with van der Waals surface area (Å²) in [5.41, 5.74) is 8.55. The summed E-state index contributed by atoms with van der Waals surface area (Å²) in [4.78, 5) is 11.3. The molecule has 2 atom stereocenters. The van der Waals surface area contributed by atoms with Crippen molar-refractivity contribution in [2.45, 2.75) is 44.8 Å². The van der Waals surface area contributed by atoms with E-state index in [2.05, 4.69) is 20.9 Å². The van der Waals surface area contributed by atoms with Crippen LogP contribution in [-0.2, 0) is 0 Å². The average molecular weight is 432 g/mol. The molecular formula is C21H23Cl2N5O. The molecule has 2 heterocycles. The van der Waals surface area contributed by atoms with Crippen molar-refractivity contribution in [3.63, 3.8) is 0 Å². The Morgan fingerprint density at radius 2 is 2.00 bits per heavy atom. The number of aryl methyl sites for hydroxylation is 1. The number of aliphatic hydroxyl groups excluding tert-OH is 1. The number of hydrogen-bond donors (Lipinski definition) is 2. The Morgan fingerprint density at radius 3 is 2.62 bits per heavy atom. The van der Waals surface area contributed by atoms with Crippen molar-refractivity contribution >= 4 is 29.2 Å². The SMILES string of the molecule is Cc1nc(N2CCC3(CC2)C[C@@H](O)C[C@H]3N)nc(C#N)c1-c1cccc(Cl)c1Cl. The first-order chi connectivity index (χ1) is 13.8. The highest BCUT2D eigenvalue weighted by molar-refractivity contribution is 6.43. The summed E-state index contributed by atoms with van der Waals surface area (Å²) in [6.07, 6.45) is 2.90. The number of halogens is 2. The lowest BCUT2D eigenvalue weighted by Crippen LogP contribution is -2.47. The minimum absolute atomic E-state index is 0.00270. The second-order valence-electron chi connectivity index (χ2n) is 8.10. The number of piperidine rings is 1.